The van der Waals surface area contributed by atoms with E-state index in [4.69, 9.17) is 17.2 Å². The Morgan fingerprint density at radius 3 is 2.71 bits per heavy atom. The summed E-state index contributed by atoms with van der Waals surface area (Å²) in [5.74, 6) is 0. The monoisotopic (exact) mass is 421 g/mol. The number of thiocarbonyl (C=S) groups is 1. The fourth-order valence-electron chi connectivity index (χ4n) is 3.64. The minimum Gasteiger partial charge on any atom is -0.324 e. The van der Waals surface area contributed by atoms with E-state index < -0.39 is 0 Å². The number of nitrogens with zero attached hydrogens (tertiary/aromatic N) is 1. The Bertz CT molecular complexity index is 1130. The molecule has 0 amide bonds. The van der Waals surface area contributed by atoms with Gasteiger partial charge in [-0.2, -0.15) is 0 Å². The number of nitrogens with one attached hydrogen (secondary N) is 2. The van der Waals surface area contributed by atoms with Gasteiger partial charge in [0.1, 0.15) is 0 Å². The number of thiazole rings is 1. The summed E-state index contributed by atoms with van der Waals surface area (Å²) in [7, 11) is 0. The Morgan fingerprint density at radius 2 is 1.82 bits per heavy atom. The van der Waals surface area contributed by atoms with E-state index in [2.05, 4.69) is 58.5 Å². The topological polar surface area (TPSA) is 37.0 Å². The maximum atomic E-state index is 5.48. The van der Waals surface area contributed by atoms with Gasteiger partial charge >= 0.3 is 0 Å². The van der Waals surface area contributed by atoms with Crippen molar-refractivity contribution < 1.29 is 0 Å². The predicted octanol–water partition coefficient (Wildman–Crippen LogP) is 6.71. The van der Waals surface area contributed by atoms with Crippen molar-refractivity contribution in [1.29, 1.82) is 0 Å². The maximum absolute atomic E-state index is 5.48. The first-order chi connectivity index (χ1) is 13.7. The van der Waals surface area contributed by atoms with E-state index in [1.54, 1.807) is 22.7 Å². The van der Waals surface area contributed by atoms with E-state index >= 15 is 0 Å². The smallest absolute Gasteiger partial charge is 0.189 e. The Kier molecular flexibility index (Phi) is 4.84. The molecule has 3 nitrogen and oxygen atoms in total. The van der Waals surface area contributed by atoms with E-state index in [1.165, 1.54) is 52.5 Å². The highest BCUT2D eigenvalue weighted by Gasteiger charge is 2.12. The van der Waals surface area contributed by atoms with Crippen LogP contribution in [0.15, 0.2) is 53.9 Å². The van der Waals surface area contributed by atoms with Crippen molar-refractivity contribution >= 4 is 60.2 Å². The van der Waals surface area contributed by atoms with Gasteiger partial charge in [-0.15, -0.1) is 22.7 Å². The van der Waals surface area contributed by atoms with Gasteiger partial charge in [0, 0.05) is 15.6 Å². The molecule has 28 heavy (non-hydrogen) atoms. The summed E-state index contributed by atoms with van der Waals surface area (Å²) < 4.78 is 1.25. The quantitative estimate of drug-likeness (QED) is 0.360. The SMILES string of the molecule is S=C(Nc1cc2ccccc2s1)Nc1nc(-c2ccc3c(c2)CCCC3)cs1. The summed E-state index contributed by atoms with van der Waals surface area (Å²) >= 11 is 8.75. The molecule has 0 unspecified atom stereocenters. The molecule has 6 heteroatoms. The van der Waals surface area contributed by atoms with Crippen LogP contribution in [-0.2, 0) is 12.8 Å². The van der Waals surface area contributed by atoms with E-state index in [0.29, 0.717) is 5.11 Å². The molecule has 0 fully saturated rings. The van der Waals surface area contributed by atoms with Gasteiger partial charge in [0.05, 0.1) is 10.7 Å². The molecule has 2 heterocycles. The average Bonchev–Trinajstić information content (AvgIpc) is 3.33. The molecule has 0 atom stereocenters. The molecule has 2 N–H and O–H groups in total. The number of anilines is 2. The Labute approximate surface area is 177 Å². The molecule has 0 bridgehead atoms. The van der Waals surface area contributed by atoms with Crippen LogP contribution in [0.4, 0.5) is 10.1 Å². The van der Waals surface area contributed by atoms with Crippen LogP contribution in [-0.4, -0.2) is 10.1 Å². The summed E-state index contributed by atoms with van der Waals surface area (Å²) in [4.78, 5) is 4.74. The molecule has 0 spiro atoms. The van der Waals surface area contributed by atoms with Gasteiger partial charge in [-0.3, -0.25) is 0 Å². The third-order valence-corrected chi connectivity index (χ3v) is 7.02. The van der Waals surface area contributed by atoms with Crippen molar-refractivity contribution in [2.24, 2.45) is 0 Å². The van der Waals surface area contributed by atoms with Gasteiger partial charge in [-0.25, -0.2) is 4.98 Å². The summed E-state index contributed by atoms with van der Waals surface area (Å²) in [6.07, 6.45) is 4.98. The molecule has 1 aliphatic rings. The lowest BCUT2D eigenvalue weighted by molar-refractivity contribution is 0.686. The summed E-state index contributed by atoms with van der Waals surface area (Å²) in [6, 6.07) is 17.2. The highest BCUT2D eigenvalue weighted by molar-refractivity contribution is 7.80. The second-order valence-corrected chi connectivity index (χ2v) is 9.31. The molecule has 0 radical (unpaired) electrons. The maximum Gasteiger partial charge on any atom is 0.189 e. The van der Waals surface area contributed by atoms with Gasteiger partial charge in [-0.05, 0) is 72.6 Å². The standard InChI is InChI=1S/C22H19N3S3/c26-21(24-20-12-17-7-3-4-8-19(17)28-20)25-22-23-18(13-27-22)16-10-9-14-5-1-2-6-15(14)11-16/h3-4,7-13H,1-2,5-6H2,(H2,23,24,25,26). The van der Waals surface area contributed by atoms with E-state index in [1.807, 2.05) is 6.07 Å². The van der Waals surface area contributed by atoms with Crippen molar-refractivity contribution in [2.75, 3.05) is 10.6 Å². The molecule has 5 rings (SSSR count). The Balaban J connectivity index is 1.29. The van der Waals surface area contributed by atoms with Crippen LogP contribution in [0.25, 0.3) is 21.3 Å². The van der Waals surface area contributed by atoms with Crippen LogP contribution in [0.5, 0.6) is 0 Å². The number of hydrogen-bond donors (Lipinski definition) is 2. The minimum atomic E-state index is 0.567. The number of rotatable bonds is 3. The Morgan fingerprint density at radius 1 is 0.964 bits per heavy atom. The highest BCUT2D eigenvalue weighted by Crippen LogP contribution is 2.31. The van der Waals surface area contributed by atoms with Gasteiger partial charge in [-0.1, -0.05) is 30.3 Å². The molecule has 4 aromatic rings. The average molecular weight is 422 g/mol. The third-order valence-electron chi connectivity index (χ3n) is 5.03. The van der Waals surface area contributed by atoms with Crippen molar-refractivity contribution in [3.05, 3.63) is 65.0 Å². The lowest BCUT2D eigenvalue weighted by Gasteiger charge is -2.16. The molecule has 0 aliphatic heterocycles. The fourth-order valence-corrected chi connectivity index (χ4v) is 5.67. The molecule has 0 saturated heterocycles. The summed E-state index contributed by atoms with van der Waals surface area (Å²) in [5, 5.41) is 12.2. The number of aryl methyl sites for hydroxylation is 2. The predicted molar refractivity (Wildman–Crippen MR) is 126 cm³/mol. The zero-order chi connectivity index (χ0) is 18.9. The van der Waals surface area contributed by atoms with Gasteiger partial charge in [0.15, 0.2) is 10.2 Å². The minimum absolute atomic E-state index is 0.567. The van der Waals surface area contributed by atoms with E-state index in [-0.39, 0.29) is 0 Å². The van der Waals surface area contributed by atoms with Crippen LogP contribution in [0, 0.1) is 0 Å². The summed E-state index contributed by atoms with van der Waals surface area (Å²) in [6.45, 7) is 0. The molecule has 2 aromatic carbocycles. The lowest BCUT2D eigenvalue weighted by Crippen LogP contribution is -2.18. The van der Waals surface area contributed by atoms with Crippen molar-refractivity contribution in [3.8, 4) is 11.3 Å². The van der Waals surface area contributed by atoms with Gasteiger partial charge in [0.2, 0.25) is 0 Å². The van der Waals surface area contributed by atoms with Crippen molar-refractivity contribution in [1.82, 2.24) is 4.98 Å². The normalized spacial score (nSPS) is 13.3. The second kappa shape index (κ2) is 7.62. The molecule has 2 aromatic heterocycles. The third kappa shape index (κ3) is 3.68. The molecule has 0 saturated carbocycles. The lowest BCUT2D eigenvalue weighted by atomic mass is 9.90. The van der Waals surface area contributed by atoms with Crippen LogP contribution in [0.3, 0.4) is 0 Å². The van der Waals surface area contributed by atoms with Crippen molar-refractivity contribution in [2.45, 2.75) is 25.7 Å². The zero-order valence-corrected chi connectivity index (χ0v) is 17.6. The second-order valence-electron chi connectivity index (χ2n) is 6.96. The molecular formula is C22H19N3S3. The number of benzene rings is 2. The van der Waals surface area contributed by atoms with Gasteiger partial charge in [0.25, 0.3) is 0 Å². The number of fused-ring (bicyclic) bond motifs is 2. The van der Waals surface area contributed by atoms with Gasteiger partial charge < -0.3 is 10.6 Å². The molecule has 140 valence electrons. The highest BCUT2D eigenvalue weighted by atomic mass is 32.1. The number of thiophene rings is 1. The van der Waals surface area contributed by atoms with Crippen molar-refractivity contribution in [3.63, 3.8) is 0 Å². The molecule has 1 aliphatic carbocycles. The van der Waals surface area contributed by atoms with Crippen LogP contribution in [0.2, 0.25) is 0 Å². The van der Waals surface area contributed by atoms with Crippen LogP contribution >= 0.6 is 34.9 Å². The van der Waals surface area contributed by atoms with Crippen LogP contribution in [0.1, 0.15) is 24.0 Å². The summed E-state index contributed by atoms with van der Waals surface area (Å²) in [5.41, 5.74) is 5.17. The first-order valence-electron chi connectivity index (χ1n) is 9.39. The largest absolute Gasteiger partial charge is 0.324 e. The van der Waals surface area contributed by atoms with Crippen LogP contribution < -0.4 is 10.6 Å². The Hall–Kier alpha value is -2.28. The number of hydrogen-bond acceptors (Lipinski definition) is 4. The fraction of sp³-hybridized carbons (Fsp3) is 0.182. The molecular weight excluding hydrogens is 402 g/mol. The van der Waals surface area contributed by atoms with E-state index in [9.17, 15) is 0 Å². The first-order valence-corrected chi connectivity index (χ1v) is 11.5. The zero-order valence-electron chi connectivity index (χ0n) is 15.2. The first kappa shape index (κ1) is 17.8. The van der Waals surface area contributed by atoms with E-state index in [0.717, 1.165) is 15.8 Å². The number of aromatic nitrogens is 1.